The summed E-state index contributed by atoms with van der Waals surface area (Å²) < 4.78 is 41.5. The highest BCUT2D eigenvalue weighted by Crippen LogP contribution is 2.37. The number of aryl methyl sites for hydroxylation is 3. The van der Waals surface area contributed by atoms with Crippen molar-refractivity contribution in [2.45, 2.75) is 44.6 Å². The molecule has 0 saturated carbocycles. The van der Waals surface area contributed by atoms with Crippen LogP contribution in [0.2, 0.25) is 0 Å². The molecule has 1 heterocycles. The molecule has 2 aromatic rings. The van der Waals surface area contributed by atoms with Gasteiger partial charge >= 0.3 is 0 Å². The summed E-state index contributed by atoms with van der Waals surface area (Å²) in [6, 6.07) is 9.61. The Morgan fingerprint density at radius 2 is 1.75 bits per heavy atom. The molecule has 2 aromatic carbocycles. The molecule has 1 aliphatic rings. The first kappa shape index (κ1) is 17.1. The molecular weight excluding hydrogens is 325 g/mol. The smallest absolute Gasteiger partial charge is 0.207 e. The largest absolute Gasteiger partial charge is 0.243 e. The third kappa shape index (κ3) is 2.98. The van der Waals surface area contributed by atoms with Crippen molar-refractivity contribution in [2.24, 2.45) is 0 Å². The molecule has 0 aromatic heterocycles. The molecule has 0 amide bonds. The fourth-order valence-corrected chi connectivity index (χ4v) is 5.39. The lowest BCUT2D eigenvalue weighted by Crippen LogP contribution is -2.31. The van der Waals surface area contributed by atoms with Gasteiger partial charge in [0.2, 0.25) is 10.0 Å². The van der Waals surface area contributed by atoms with Crippen LogP contribution >= 0.6 is 0 Å². The molecule has 0 spiro atoms. The van der Waals surface area contributed by atoms with Gasteiger partial charge in [-0.25, -0.2) is 12.8 Å². The third-order valence-corrected chi connectivity index (χ3v) is 6.87. The van der Waals surface area contributed by atoms with Gasteiger partial charge in [0.1, 0.15) is 5.82 Å². The van der Waals surface area contributed by atoms with Crippen LogP contribution in [0.15, 0.2) is 41.3 Å². The summed E-state index contributed by atoms with van der Waals surface area (Å²) in [5, 5.41) is 0. The van der Waals surface area contributed by atoms with E-state index in [0.29, 0.717) is 17.9 Å². The van der Waals surface area contributed by atoms with Crippen LogP contribution in [0.4, 0.5) is 4.39 Å². The molecule has 3 nitrogen and oxygen atoms in total. The SMILES string of the molecule is Cc1cc(C)c(S(=O)(=O)N2CCCC2c2cccc(F)c2)cc1C. The van der Waals surface area contributed by atoms with Gasteiger partial charge in [-0.15, -0.1) is 0 Å². The highest BCUT2D eigenvalue weighted by atomic mass is 32.2. The lowest BCUT2D eigenvalue weighted by Gasteiger charge is -2.25. The first-order valence-corrected chi connectivity index (χ1v) is 9.60. The van der Waals surface area contributed by atoms with Gasteiger partial charge in [-0.2, -0.15) is 4.31 Å². The van der Waals surface area contributed by atoms with E-state index in [1.54, 1.807) is 18.2 Å². The second-order valence-electron chi connectivity index (χ2n) is 6.53. The maximum atomic E-state index is 13.6. The topological polar surface area (TPSA) is 37.4 Å². The van der Waals surface area contributed by atoms with Crippen molar-refractivity contribution in [2.75, 3.05) is 6.54 Å². The van der Waals surface area contributed by atoms with Crippen molar-refractivity contribution in [1.29, 1.82) is 0 Å². The number of hydrogen-bond donors (Lipinski definition) is 0. The van der Waals surface area contributed by atoms with Crippen LogP contribution in [0.25, 0.3) is 0 Å². The van der Waals surface area contributed by atoms with Crippen LogP contribution in [0.5, 0.6) is 0 Å². The average molecular weight is 347 g/mol. The lowest BCUT2D eigenvalue weighted by atomic mass is 10.1. The van der Waals surface area contributed by atoms with Gasteiger partial charge in [0.15, 0.2) is 0 Å². The molecule has 0 bridgehead atoms. The minimum atomic E-state index is -3.61. The standard InChI is InChI=1S/C19H22FNO2S/c1-13-10-15(3)19(11-14(13)2)24(22,23)21-9-5-8-18(21)16-6-4-7-17(20)12-16/h4,6-7,10-12,18H,5,8-9H2,1-3H3. The normalized spacial score (nSPS) is 18.9. The number of rotatable bonds is 3. The van der Waals surface area contributed by atoms with Gasteiger partial charge < -0.3 is 0 Å². The van der Waals surface area contributed by atoms with E-state index in [2.05, 4.69) is 0 Å². The van der Waals surface area contributed by atoms with Crippen molar-refractivity contribution in [1.82, 2.24) is 4.31 Å². The molecule has 1 fully saturated rings. The van der Waals surface area contributed by atoms with E-state index in [1.807, 2.05) is 26.8 Å². The summed E-state index contributed by atoms with van der Waals surface area (Å²) in [7, 11) is -3.61. The average Bonchev–Trinajstić information content (AvgIpc) is 3.01. The van der Waals surface area contributed by atoms with Gasteiger partial charge in [-0.1, -0.05) is 18.2 Å². The molecule has 1 saturated heterocycles. The summed E-state index contributed by atoms with van der Waals surface area (Å²) in [6.45, 7) is 6.19. The molecule has 1 unspecified atom stereocenters. The first-order valence-electron chi connectivity index (χ1n) is 8.16. The minimum Gasteiger partial charge on any atom is -0.207 e. The second kappa shape index (κ2) is 6.30. The monoisotopic (exact) mass is 347 g/mol. The zero-order valence-electron chi connectivity index (χ0n) is 14.2. The van der Waals surface area contributed by atoms with E-state index in [0.717, 1.165) is 28.7 Å². The van der Waals surface area contributed by atoms with E-state index >= 15 is 0 Å². The number of sulfonamides is 1. The first-order chi connectivity index (χ1) is 11.3. The number of hydrogen-bond acceptors (Lipinski definition) is 2. The van der Waals surface area contributed by atoms with Crippen LogP contribution in [0.1, 0.15) is 41.1 Å². The molecule has 0 aliphatic carbocycles. The summed E-state index contributed by atoms with van der Waals surface area (Å²) in [5.41, 5.74) is 3.51. The fourth-order valence-electron chi connectivity index (χ4n) is 3.41. The number of benzene rings is 2. The second-order valence-corrected chi connectivity index (χ2v) is 8.39. The number of nitrogens with zero attached hydrogens (tertiary/aromatic N) is 1. The Kier molecular flexibility index (Phi) is 4.49. The molecular formula is C19H22FNO2S. The third-order valence-electron chi connectivity index (χ3n) is 4.82. The summed E-state index contributed by atoms with van der Waals surface area (Å²) >= 11 is 0. The maximum Gasteiger partial charge on any atom is 0.243 e. The Morgan fingerprint density at radius 1 is 1.04 bits per heavy atom. The molecule has 5 heteroatoms. The van der Waals surface area contributed by atoms with Gasteiger partial charge in [-0.05, 0) is 74.1 Å². The summed E-state index contributed by atoms with van der Waals surface area (Å²) in [6.07, 6.45) is 1.50. The molecule has 1 aliphatic heterocycles. The van der Waals surface area contributed by atoms with Gasteiger partial charge in [0, 0.05) is 6.54 Å². The Labute approximate surface area is 143 Å². The van der Waals surface area contributed by atoms with Crippen LogP contribution in [0, 0.1) is 26.6 Å². The van der Waals surface area contributed by atoms with Crippen LogP contribution in [-0.4, -0.2) is 19.3 Å². The fraction of sp³-hybridized carbons (Fsp3) is 0.368. The Bertz CT molecular complexity index is 877. The van der Waals surface area contributed by atoms with Crippen molar-refractivity contribution >= 4 is 10.0 Å². The lowest BCUT2D eigenvalue weighted by molar-refractivity contribution is 0.395. The van der Waals surface area contributed by atoms with Gasteiger partial charge in [-0.3, -0.25) is 0 Å². The van der Waals surface area contributed by atoms with Crippen molar-refractivity contribution < 1.29 is 12.8 Å². The van der Waals surface area contributed by atoms with E-state index in [9.17, 15) is 12.8 Å². The maximum absolute atomic E-state index is 13.6. The molecule has 0 N–H and O–H groups in total. The van der Waals surface area contributed by atoms with E-state index in [-0.39, 0.29) is 11.9 Å². The highest BCUT2D eigenvalue weighted by Gasteiger charge is 2.37. The Morgan fingerprint density at radius 3 is 2.46 bits per heavy atom. The van der Waals surface area contributed by atoms with Crippen LogP contribution in [-0.2, 0) is 10.0 Å². The highest BCUT2D eigenvalue weighted by molar-refractivity contribution is 7.89. The molecule has 128 valence electrons. The predicted molar refractivity (Wildman–Crippen MR) is 92.9 cm³/mol. The van der Waals surface area contributed by atoms with E-state index in [1.165, 1.54) is 16.4 Å². The Hall–Kier alpha value is -1.72. The summed E-state index contributed by atoms with van der Waals surface area (Å²) in [4.78, 5) is 0.355. The molecule has 24 heavy (non-hydrogen) atoms. The Balaban J connectivity index is 2.04. The van der Waals surface area contributed by atoms with Gasteiger partial charge in [0.05, 0.1) is 10.9 Å². The summed E-state index contributed by atoms with van der Waals surface area (Å²) in [5.74, 6) is -0.334. The molecule has 0 radical (unpaired) electrons. The quantitative estimate of drug-likeness (QED) is 0.831. The molecule has 1 atom stereocenters. The van der Waals surface area contributed by atoms with E-state index in [4.69, 9.17) is 0 Å². The van der Waals surface area contributed by atoms with Crippen molar-refractivity contribution in [3.8, 4) is 0 Å². The molecule has 3 rings (SSSR count). The van der Waals surface area contributed by atoms with Gasteiger partial charge in [0.25, 0.3) is 0 Å². The van der Waals surface area contributed by atoms with Crippen molar-refractivity contribution in [3.05, 3.63) is 64.5 Å². The minimum absolute atomic E-state index is 0.299. The zero-order chi connectivity index (χ0) is 17.5. The van der Waals surface area contributed by atoms with Crippen LogP contribution in [0.3, 0.4) is 0 Å². The van der Waals surface area contributed by atoms with Crippen molar-refractivity contribution in [3.63, 3.8) is 0 Å². The van der Waals surface area contributed by atoms with E-state index < -0.39 is 10.0 Å². The predicted octanol–water partition coefficient (Wildman–Crippen LogP) is 4.28. The zero-order valence-corrected chi connectivity index (χ0v) is 15.0. The number of halogens is 1. The van der Waals surface area contributed by atoms with Crippen LogP contribution < -0.4 is 0 Å².